The van der Waals surface area contributed by atoms with Gasteiger partial charge in [-0.25, -0.2) is 4.39 Å². The second-order valence-corrected chi connectivity index (χ2v) is 5.84. The van der Waals surface area contributed by atoms with E-state index < -0.39 is 0 Å². The monoisotopic (exact) mass is 314 g/mol. The van der Waals surface area contributed by atoms with Gasteiger partial charge in [-0.15, -0.1) is 0 Å². The molecule has 23 heavy (non-hydrogen) atoms. The Balaban J connectivity index is 1.81. The van der Waals surface area contributed by atoms with Gasteiger partial charge in [0.15, 0.2) is 0 Å². The van der Waals surface area contributed by atoms with Crippen LogP contribution in [0.5, 0.6) is 0 Å². The molecule has 0 spiro atoms. The molecule has 0 saturated heterocycles. The van der Waals surface area contributed by atoms with Crippen molar-refractivity contribution in [3.05, 3.63) is 64.5 Å². The maximum absolute atomic E-state index is 13.5. The highest BCUT2D eigenvalue weighted by Gasteiger charge is 2.08. The van der Waals surface area contributed by atoms with Gasteiger partial charge < -0.3 is 10.6 Å². The minimum absolute atomic E-state index is 0.0407. The van der Waals surface area contributed by atoms with E-state index in [1.807, 2.05) is 20.8 Å². The summed E-state index contributed by atoms with van der Waals surface area (Å²) in [6.07, 6.45) is 0.348. The van der Waals surface area contributed by atoms with E-state index in [1.54, 1.807) is 18.2 Å². The number of hydrogen-bond acceptors (Lipinski definition) is 2. The molecular weight excluding hydrogens is 291 g/mol. The third-order valence-electron chi connectivity index (χ3n) is 3.74. The number of halogens is 1. The molecule has 0 fully saturated rings. The van der Waals surface area contributed by atoms with Crippen LogP contribution in [0.3, 0.4) is 0 Å². The third kappa shape index (κ3) is 4.89. The van der Waals surface area contributed by atoms with E-state index in [0.717, 1.165) is 16.8 Å². The topological polar surface area (TPSA) is 41.1 Å². The van der Waals surface area contributed by atoms with Gasteiger partial charge >= 0.3 is 0 Å². The van der Waals surface area contributed by atoms with E-state index in [0.29, 0.717) is 25.1 Å². The highest BCUT2D eigenvalue weighted by molar-refractivity contribution is 5.92. The first-order valence-corrected chi connectivity index (χ1v) is 7.79. The van der Waals surface area contributed by atoms with Gasteiger partial charge in [-0.1, -0.05) is 35.9 Å². The quantitative estimate of drug-likeness (QED) is 0.795. The van der Waals surface area contributed by atoms with Crippen LogP contribution in [0.15, 0.2) is 36.4 Å². The Bertz CT molecular complexity index is 675. The maximum Gasteiger partial charge on any atom is 0.225 e. The zero-order valence-corrected chi connectivity index (χ0v) is 13.9. The van der Waals surface area contributed by atoms with Crippen molar-refractivity contribution in [3.63, 3.8) is 0 Å². The molecule has 0 aliphatic heterocycles. The Morgan fingerprint density at radius 1 is 1.09 bits per heavy atom. The average molecular weight is 314 g/mol. The molecule has 0 bridgehead atoms. The molecule has 0 aromatic heterocycles. The first-order valence-electron chi connectivity index (χ1n) is 7.79. The van der Waals surface area contributed by atoms with Crippen molar-refractivity contribution in [2.75, 3.05) is 11.9 Å². The molecule has 0 radical (unpaired) electrons. The summed E-state index contributed by atoms with van der Waals surface area (Å²) in [5, 5.41) is 6.06. The predicted molar refractivity (Wildman–Crippen MR) is 92.0 cm³/mol. The highest BCUT2D eigenvalue weighted by atomic mass is 19.1. The standard InChI is InChI=1S/C19H23FN2O/c1-13-10-14(2)19(15(3)11-13)22-18(23)8-9-21-12-16-6-4-5-7-17(16)20/h4-7,10-11,21H,8-9,12H2,1-3H3,(H,22,23). The van der Waals surface area contributed by atoms with Crippen molar-refractivity contribution in [1.82, 2.24) is 5.32 Å². The summed E-state index contributed by atoms with van der Waals surface area (Å²) < 4.78 is 13.5. The fourth-order valence-electron chi connectivity index (χ4n) is 2.65. The van der Waals surface area contributed by atoms with Crippen molar-refractivity contribution in [1.29, 1.82) is 0 Å². The van der Waals surface area contributed by atoms with Crippen LogP contribution in [0.1, 0.15) is 28.7 Å². The lowest BCUT2D eigenvalue weighted by Gasteiger charge is -2.13. The second kappa shape index (κ2) is 7.88. The third-order valence-corrected chi connectivity index (χ3v) is 3.74. The number of anilines is 1. The fraction of sp³-hybridized carbons (Fsp3) is 0.316. The van der Waals surface area contributed by atoms with Gasteiger partial charge in [0.25, 0.3) is 0 Å². The largest absolute Gasteiger partial charge is 0.326 e. The Morgan fingerprint density at radius 3 is 2.39 bits per heavy atom. The number of carbonyl (C=O) groups excluding carboxylic acids is 1. The molecule has 3 nitrogen and oxygen atoms in total. The van der Waals surface area contributed by atoms with Crippen LogP contribution in [0.4, 0.5) is 10.1 Å². The van der Waals surface area contributed by atoms with E-state index in [4.69, 9.17) is 0 Å². The summed E-state index contributed by atoms with van der Waals surface area (Å²) in [5.41, 5.74) is 4.81. The summed E-state index contributed by atoms with van der Waals surface area (Å²) >= 11 is 0. The molecule has 122 valence electrons. The lowest BCUT2D eigenvalue weighted by atomic mass is 10.1. The van der Waals surface area contributed by atoms with Gasteiger partial charge in [-0.2, -0.15) is 0 Å². The molecule has 0 aliphatic carbocycles. The second-order valence-electron chi connectivity index (χ2n) is 5.84. The Hall–Kier alpha value is -2.20. The maximum atomic E-state index is 13.5. The van der Waals surface area contributed by atoms with Crippen LogP contribution < -0.4 is 10.6 Å². The van der Waals surface area contributed by atoms with E-state index in [9.17, 15) is 9.18 Å². The molecule has 0 atom stereocenters. The lowest BCUT2D eigenvalue weighted by molar-refractivity contribution is -0.116. The van der Waals surface area contributed by atoms with E-state index in [2.05, 4.69) is 22.8 Å². The van der Waals surface area contributed by atoms with Crippen molar-refractivity contribution < 1.29 is 9.18 Å². The number of rotatable bonds is 6. The Morgan fingerprint density at radius 2 is 1.74 bits per heavy atom. The van der Waals surface area contributed by atoms with Crippen molar-refractivity contribution in [3.8, 4) is 0 Å². The Labute approximate surface area is 136 Å². The van der Waals surface area contributed by atoms with E-state index in [1.165, 1.54) is 11.6 Å². The van der Waals surface area contributed by atoms with Gasteiger partial charge in [0, 0.05) is 30.8 Å². The molecule has 2 aromatic carbocycles. The minimum atomic E-state index is -0.227. The van der Waals surface area contributed by atoms with Crippen LogP contribution in [-0.2, 0) is 11.3 Å². The number of aryl methyl sites for hydroxylation is 3. The molecule has 4 heteroatoms. The SMILES string of the molecule is Cc1cc(C)c(NC(=O)CCNCc2ccccc2F)c(C)c1. The minimum Gasteiger partial charge on any atom is -0.326 e. The Kier molecular flexibility index (Phi) is 5.88. The van der Waals surface area contributed by atoms with E-state index in [-0.39, 0.29) is 11.7 Å². The summed E-state index contributed by atoms with van der Waals surface area (Å²) in [5.74, 6) is -0.267. The summed E-state index contributed by atoms with van der Waals surface area (Å²) in [6, 6.07) is 10.8. The first kappa shape index (κ1) is 17.2. The van der Waals surface area contributed by atoms with Gasteiger partial charge in [0.05, 0.1) is 0 Å². The van der Waals surface area contributed by atoms with Crippen molar-refractivity contribution in [2.24, 2.45) is 0 Å². The molecule has 2 rings (SSSR count). The normalized spacial score (nSPS) is 10.6. The average Bonchev–Trinajstić information content (AvgIpc) is 2.49. The molecule has 1 amide bonds. The van der Waals surface area contributed by atoms with Gasteiger partial charge in [0.2, 0.25) is 5.91 Å². The molecule has 0 aliphatic rings. The molecule has 0 unspecified atom stereocenters. The summed E-state index contributed by atoms with van der Waals surface area (Å²) in [4.78, 5) is 12.1. The molecular formula is C19H23FN2O. The van der Waals surface area contributed by atoms with Crippen LogP contribution >= 0.6 is 0 Å². The number of carbonyl (C=O) groups is 1. The van der Waals surface area contributed by atoms with Crippen LogP contribution in [-0.4, -0.2) is 12.5 Å². The first-order chi connectivity index (χ1) is 11.0. The lowest BCUT2D eigenvalue weighted by Crippen LogP contribution is -2.22. The smallest absolute Gasteiger partial charge is 0.225 e. The predicted octanol–water partition coefficient (Wildman–Crippen LogP) is 3.87. The zero-order valence-electron chi connectivity index (χ0n) is 13.9. The number of benzene rings is 2. The summed E-state index contributed by atoms with van der Waals surface area (Å²) in [6.45, 7) is 6.95. The summed E-state index contributed by atoms with van der Waals surface area (Å²) in [7, 11) is 0. The van der Waals surface area contributed by atoms with Crippen LogP contribution in [0.2, 0.25) is 0 Å². The highest BCUT2D eigenvalue weighted by Crippen LogP contribution is 2.21. The molecule has 0 saturated carbocycles. The van der Waals surface area contributed by atoms with Gasteiger partial charge in [0.1, 0.15) is 5.82 Å². The van der Waals surface area contributed by atoms with Gasteiger partial charge in [-0.05, 0) is 38.0 Å². The number of nitrogens with one attached hydrogen (secondary N) is 2. The van der Waals surface area contributed by atoms with Gasteiger partial charge in [-0.3, -0.25) is 4.79 Å². The van der Waals surface area contributed by atoms with Crippen LogP contribution in [0.25, 0.3) is 0 Å². The molecule has 0 heterocycles. The number of hydrogen-bond donors (Lipinski definition) is 2. The number of amides is 1. The van der Waals surface area contributed by atoms with Crippen molar-refractivity contribution in [2.45, 2.75) is 33.7 Å². The molecule has 2 aromatic rings. The zero-order chi connectivity index (χ0) is 16.8. The fourth-order valence-corrected chi connectivity index (χ4v) is 2.65. The van der Waals surface area contributed by atoms with Crippen molar-refractivity contribution >= 4 is 11.6 Å². The van der Waals surface area contributed by atoms with E-state index >= 15 is 0 Å². The molecule has 2 N–H and O–H groups in total. The van der Waals surface area contributed by atoms with Crippen LogP contribution in [0, 0.1) is 26.6 Å².